The van der Waals surface area contributed by atoms with E-state index in [1.54, 1.807) is 24.8 Å². The molecule has 0 aromatic carbocycles. The number of rotatable bonds is 4. The van der Waals surface area contributed by atoms with E-state index in [9.17, 15) is 0 Å². The van der Waals surface area contributed by atoms with Gasteiger partial charge < -0.3 is 5.32 Å². The molecule has 1 atom stereocenters. The van der Waals surface area contributed by atoms with Crippen molar-refractivity contribution in [1.29, 1.82) is 0 Å². The Bertz CT molecular complexity index is 524. The van der Waals surface area contributed by atoms with Crippen molar-refractivity contribution in [2.24, 2.45) is 5.92 Å². The van der Waals surface area contributed by atoms with E-state index in [1.807, 2.05) is 6.07 Å². The summed E-state index contributed by atoms with van der Waals surface area (Å²) >= 11 is 0. The number of aromatic nitrogens is 4. The van der Waals surface area contributed by atoms with Crippen molar-refractivity contribution in [3.05, 3.63) is 30.9 Å². The second kappa shape index (κ2) is 4.68. The Morgan fingerprint density at radius 1 is 1.17 bits per heavy atom. The molecule has 1 saturated carbocycles. The lowest BCUT2D eigenvalue weighted by molar-refractivity contribution is 0.686. The standard InChI is InChI=1S/C13H15N5/c1-9(10-2-3-10)17-13-16-5-4-11(18-13)12-8-14-6-7-15-12/h4-10H,2-3H2,1H3,(H,16,17,18). The molecule has 2 aromatic heterocycles. The average molecular weight is 241 g/mol. The van der Waals surface area contributed by atoms with E-state index < -0.39 is 0 Å². The van der Waals surface area contributed by atoms with Crippen LogP contribution in [0.3, 0.4) is 0 Å². The first-order valence-electron chi connectivity index (χ1n) is 6.19. The molecule has 2 heterocycles. The van der Waals surface area contributed by atoms with E-state index in [1.165, 1.54) is 12.8 Å². The van der Waals surface area contributed by atoms with Crippen LogP contribution in [0, 0.1) is 5.92 Å². The Balaban J connectivity index is 1.80. The van der Waals surface area contributed by atoms with Crippen LogP contribution in [0.2, 0.25) is 0 Å². The molecule has 0 radical (unpaired) electrons. The predicted octanol–water partition coefficient (Wildman–Crippen LogP) is 2.14. The van der Waals surface area contributed by atoms with Crippen molar-refractivity contribution in [3.63, 3.8) is 0 Å². The summed E-state index contributed by atoms with van der Waals surface area (Å²) in [6.07, 6.45) is 9.38. The molecule has 5 nitrogen and oxygen atoms in total. The van der Waals surface area contributed by atoms with E-state index >= 15 is 0 Å². The van der Waals surface area contributed by atoms with Crippen LogP contribution in [0.25, 0.3) is 11.4 Å². The lowest BCUT2D eigenvalue weighted by Crippen LogP contribution is -2.19. The van der Waals surface area contributed by atoms with Crippen LogP contribution in [-0.4, -0.2) is 26.0 Å². The molecule has 18 heavy (non-hydrogen) atoms. The maximum absolute atomic E-state index is 4.47. The van der Waals surface area contributed by atoms with Crippen molar-refractivity contribution in [2.45, 2.75) is 25.8 Å². The lowest BCUT2D eigenvalue weighted by Gasteiger charge is -2.12. The maximum atomic E-state index is 4.47. The minimum atomic E-state index is 0.433. The van der Waals surface area contributed by atoms with Crippen molar-refractivity contribution >= 4 is 5.95 Å². The lowest BCUT2D eigenvalue weighted by atomic mass is 10.2. The molecule has 92 valence electrons. The zero-order valence-electron chi connectivity index (χ0n) is 10.2. The van der Waals surface area contributed by atoms with Crippen molar-refractivity contribution in [1.82, 2.24) is 19.9 Å². The van der Waals surface area contributed by atoms with Gasteiger partial charge in [0.25, 0.3) is 0 Å². The fourth-order valence-corrected chi connectivity index (χ4v) is 1.92. The van der Waals surface area contributed by atoms with Crippen molar-refractivity contribution in [2.75, 3.05) is 5.32 Å². The number of hydrogen-bond donors (Lipinski definition) is 1. The van der Waals surface area contributed by atoms with E-state index in [4.69, 9.17) is 0 Å². The van der Waals surface area contributed by atoms with Gasteiger partial charge in [-0.1, -0.05) is 0 Å². The quantitative estimate of drug-likeness (QED) is 0.888. The Morgan fingerprint density at radius 2 is 2.06 bits per heavy atom. The van der Waals surface area contributed by atoms with Crippen LogP contribution in [0.5, 0.6) is 0 Å². The third kappa shape index (κ3) is 2.45. The first-order chi connectivity index (χ1) is 8.83. The van der Waals surface area contributed by atoms with E-state index in [-0.39, 0.29) is 0 Å². The van der Waals surface area contributed by atoms with Crippen LogP contribution in [0.1, 0.15) is 19.8 Å². The van der Waals surface area contributed by atoms with Crippen LogP contribution < -0.4 is 5.32 Å². The summed E-state index contributed by atoms with van der Waals surface area (Å²) in [6.45, 7) is 2.18. The molecule has 0 bridgehead atoms. The summed E-state index contributed by atoms with van der Waals surface area (Å²) in [4.78, 5) is 17.0. The van der Waals surface area contributed by atoms with Crippen LogP contribution in [0.4, 0.5) is 5.95 Å². The summed E-state index contributed by atoms with van der Waals surface area (Å²) in [6, 6.07) is 2.28. The van der Waals surface area contributed by atoms with Gasteiger partial charge in [-0.05, 0) is 31.7 Å². The largest absolute Gasteiger partial charge is 0.351 e. The smallest absolute Gasteiger partial charge is 0.223 e. The van der Waals surface area contributed by atoms with Gasteiger partial charge in [0.2, 0.25) is 5.95 Å². The van der Waals surface area contributed by atoms with Gasteiger partial charge in [-0.25, -0.2) is 9.97 Å². The van der Waals surface area contributed by atoms with Crippen molar-refractivity contribution < 1.29 is 0 Å². The molecule has 0 aliphatic heterocycles. The number of nitrogens with zero attached hydrogens (tertiary/aromatic N) is 4. The fourth-order valence-electron chi connectivity index (χ4n) is 1.92. The number of anilines is 1. The minimum Gasteiger partial charge on any atom is -0.351 e. The van der Waals surface area contributed by atoms with Gasteiger partial charge >= 0.3 is 0 Å². The average Bonchev–Trinajstić information content (AvgIpc) is 3.24. The molecule has 0 amide bonds. The molecule has 1 aliphatic carbocycles. The van der Waals surface area contributed by atoms with E-state index in [0.29, 0.717) is 12.0 Å². The number of hydrogen-bond acceptors (Lipinski definition) is 5. The summed E-state index contributed by atoms with van der Waals surface area (Å²) in [5.74, 6) is 1.44. The third-order valence-corrected chi connectivity index (χ3v) is 3.17. The Labute approximate surface area is 106 Å². The molecule has 1 fully saturated rings. The fraction of sp³-hybridized carbons (Fsp3) is 0.385. The minimum absolute atomic E-state index is 0.433. The molecule has 1 aliphatic rings. The monoisotopic (exact) mass is 241 g/mol. The predicted molar refractivity (Wildman–Crippen MR) is 68.9 cm³/mol. The summed E-state index contributed by atoms with van der Waals surface area (Å²) in [5, 5.41) is 3.34. The topological polar surface area (TPSA) is 63.6 Å². The molecule has 0 saturated heterocycles. The first-order valence-corrected chi connectivity index (χ1v) is 6.19. The maximum Gasteiger partial charge on any atom is 0.223 e. The summed E-state index contributed by atoms with van der Waals surface area (Å²) < 4.78 is 0. The molecule has 1 unspecified atom stereocenters. The number of nitrogens with one attached hydrogen (secondary N) is 1. The van der Waals surface area contributed by atoms with Gasteiger partial charge in [-0.15, -0.1) is 0 Å². The highest BCUT2D eigenvalue weighted by Crippen LogP contribution is 2.33. The van der Waals surface area contributed by atoms with Gasteiger partial charge in [0.05, 0.1) is 11.9 Å². The highest BCUT2D eigenvalue weighted by atomic mass is 15.1. The second-order valence-corrected chi connectivity index (χ2v) is 4.63. The first kappa shape index (κ1) is 11.1. The zero-order chi connectivity index (χ0) is 12.4. The van der Waals surface area contributed by atoms with Gasteiger partial charge in [0, 0.05) is 24.6 Å². The van der Waals surface area contributed by atoms with Crippen molar-refractivity contribution in [3.8, 4) is 11.4 Å². The molecular formula is C13H15N5. The molecule has 0 spiro atoms. The van der Waals surface area contributed by atoms with Gasteiger partial charge in [0.1, 0.15) is 5.69 Å². The molecule has 3 rings (SSSR count). The van der Waals surface area contributed by atoms with Gasteiger partial charge in [0.15, 0.2) is 0 Å². The molecular weight excluding hydrogens is 226 g/mol. The SMILES string of the molecule is CC(Nc1nccc(-c2cnccn2)n1)C1CC1. The second-order valence-electron chi connectivity index (χ2n) is 4.63. The molecule has 2 aromatic rings. The summed E-state index contributed by atoms with van der Waals surface area (Å²) in [5.41, 5.74) is 1.56. The Hall–Kier alpha value is -2.04. The Morgan fingerprint density at radius 3 is 2.78 bits per heavy atom. The summed E-state index contributed by atoms with van der Waals surface area (Å²) in [7, 11) is 0. The highest BCUT2D eigenvalue weighted by Gasteiger charge is 2.28. The van der Waals surface area contributed by atoms with E-state index in [2.05, 4.69) is 32.2 Å². The van der Waals surface area contributed by atoms with Gasteiger partial charge in [-0.2, -0.15) is 0 Å². The highest BCUT2D eigenvalue weighted by molar-refractivity contribution is 5.53. The third-order valence-electron chi connectivity index (χ3n) is 3.17. The zero-order valence-corrected chi connectivity index (χ0v) is 10.2. The Kier molecular flexibility index (Phi) is 2.88. The van der Waals surface area contributed by atoms with Crippen LogP contribution >= 0.6 is 0 Å². The molecule has 1 N–H and O–H groups in total. The van der Waals surface area contributed by atoms with E-state index in [0.717, 1.165) is 17.3 Å². The van der Waals surface area contributed by atoms with Crippen LogP contribution in [-0.2, 0) is 0 Å². The normalized spacial score (nSPS) is 16.3. The van der Waals surface area contributed by atoms with Gasteiger partial charge in [-0.3, -0.25) is 9.97 Å². The molecule has 5 heteroatoms. The van der Waals surface area contributed by atoms with Crippen LogP contribution in [0.15, 0.2) is 30.9 Å².